The topological polar surface area (TPSA) is 51.5 Å². The molecule has 104 valence electrons. The summed E-state index contributed by atoms with van der Waals surface area (Å²) in [5.41, 5.74) is 0.565. The summed E-state index contributed by atoms with van der Waals surface area (Å²) in [4.78, 5) is 0. The Bertz CT molecular complexity index is 412. The van der Waals surface area contributed by atoms with Crippen LogP contribution < -0.4 is 9.47 Å². The van der Waals surface area contributed by atoms with Crippen LogP contribution in [0.25, 0.3) is 0 Å². The molecule has 1 aromatic carbocycles. The second-order valence-electron chi connectivity index (χ2n) is 4.02. The minimum absolute atomic E-state index is 0.482. The molecular weight excluding hydrogens is 242 g/mol. The van der Waals surface area contributed by atoms with Crippen LogP contribution in [-0.2, 0) is 4.74 Å². The van der Waals surface area contributed by atoms with E-state index in [-0.39, 0.29) is 0 Å². The fourth-order valence-corrected chi connectivity index (χ4v) is 1.52. The molecule has 0 unspecified atom stereocenters. The first-order chi connectivity index (χ1) is 9.31. The number of hydrogen-bond donors (Lipinski definition) is 0. The molecule has 0 fully saturated rings. The van der Waals surface area contributed by atoms with Gasteiger partial charge in [-0.25, -0.2) is 0 Å². The van der Waals surface area contributed by atoms with Gasteiger partial charge in [0.1, 0.15) is 6.61 Å². The van der Waals surface area contributed by atoms with Crippen LogP contribution in [-0.4, -0.2) is 26.4 Å². The molecule has 1 aromatic rings. The number of nitriles is 1. The summed E-state index contributed by atoms with van der Waals surface area (Å²) in [7, 11) is 0. The maximum Gasteiger partial charge on any atom is 0.162 e. The van der Waals surface area contributed by atoms with E-state index in [4.69, 9.17) is 19.5 Å². The third kappa shape index (κ3) is 5.62. The van der Waals surface area contributed by atoms with Crippen LogP contribution in [0.15, 0.2) is 18.2 Å². The molecule has 0 atom stereocenters. The Morgan fingerprint density at radius 1 is 1.05 bits per heavy atom. The van der Waals surface area contributed by atoms with Crippen molar-refractivity contribution in [3.05, 3.63) is 23.8 Å². The molecule has 0 saturated carbocycles. The Labute approximate surface area is 114 Å². The van der Waals surface area contributed by atoms with Gasteiger partial charge in [0, 0.05) is 12.7 Å². The zero-order valence-corrected chi connectivity index (χ0v) is 11.6. The van der Waals surface area contributed by atoms with Gasteiger partial charge in [0.2, 0.25) is 0 Å². The third-order valence-corrected chi connectivity index (χ3v) is 2.50. The fraction of sp³-hybridized carbons (Fsp3) is 0.533. The largest absolute Gasteiger partial charge is 0.490 e. The molecule has 4 nitrogen and oxygen atoms in total. The van der Waals surface area contributed by atoms with E-state index in [0.717, 1.165) is 19.4 Å². The molecule has 0 aliphatic heterocycles. The van der Waals surface area contributed by atoms with Crippen LogP contribution in [0, 0.1) is 11.3 Å². The van der Waals surface area contributed by atoms with Crippen molar-refractivity contribution in [1.82, 2.24) is 0 Å². The SMILES string of the molecule is CCCCOCCOc1ccc(C#N)cc1OCC. The van der Waals surface area contributed by atoms with Crippen LogP contribution in [0.3, 0.4) is 0 Å². The molecule has 0 aromatic heterocycles. The summed E-state index contributed by atoms with van der Waals surface area (Å²) in [6.07, 6.45) is 2.20. The number of nitrogens with zero attached hydrogens (tertiary/aromatic N) is 1. The highest BCUT2D eigenvalue weighted by Gasteiger charge is 2.06. The lowest BCUT2D eigenvalue weighted by Gasteiger charge is -2.12. The molecule has 1 rings (SSSR count). The van der Waals surface area contributed by atoms with Crippen molar-refractivity contribution in [3.8, 4) is 17.6 Å². The Kier molecular flexibility index (Phi) is 7.45. The smallest absolute Gasteiger partial charge is 0.162 e. The Morgan fingerprint density at radius 2 is 1.89 bits per heavy atom. The summed E-state index contributed by atoms with van der Waals surface area (Å²) >= 11 is 0. The lowest BCUT2D eigenvalue weighted by Crippen LogP contribution is -2.08. The molecule has 0 heterocycles. The van der Waals surface area contributed by atoms with Gasteiger partial charge in [0.25, 0.3) is 0 Å². The van der Waals surface area contributed by atoms with Gasteiger partial charge in [-0.1, -0.05) is 13.3 Å². The first kappa shape index (κ1) is 15.3. The Hall–Kier alpha value is -1.73. The van der Waals surface area contributed by atoms with Crippen LogP contribution in [0.2, 0.25) is 0 Å². The van der Waals surface area contributed by atoms with E-state index in [1.807, 2.05) is 6.92 Å². The molecule has 0 spiro atoms. The number of benzene rings is 1. The van der Waals surface area contributed by atoms with Gasteiger partial charge < -0.3 is 14.2 Å². The van der Waals surface area contributed by atoms with Gasteiger partial charge in [-0.3, -0.25) is 0 Å². The Morgan fingerprint density at radius 3 is 2.58 bits per heavy atom. The van der Waals surface area contributed by atoms with E-state index >= 15 is 0 Å². The van der Waals surface area contributed by atoms with Crippen LogP contribution in [0.5, 0.6) is 11.5 Å². The van der Waals surface area contributed by atoms with Gasteiger partial charge in [-0.2, -0.15) is 5.26 Å². The molecule has 0 amide bonds. The monoisotopic (exact) mass is 263 g/mol. The van der Waals surface area contributed by atoms with Gasteiger partial charge >= 0.3 is 0 Å². The minimum Gasteiger partial charge on any atom is -0.490 e. The summed E-state index contributed by atoms with van der Waals surface area (Å²) < 4.78 is 16.5. The maximum atomic E-state index is 8.85. The second-order valence-corrected chi connectivity index (χ2v) is 4.02. The number of ether oxygens (including phenoxy) is 3. The molecule has 19 heavy (non-hydrogen) atoms. The normalized spacial score (nSPS) is 9.95. The summed E-state index contributed by atoms with van der Waals surface area (Å²) in [6.45, 7) is 6.38. The summed E-state index contributed by atoms with van der Waals surface area (Å²) in [6, 6.07) is 7.25. The number of rotatable bonds is 9. The Balaban J connectivity index is 2.46. The molecule has 0 N–H and O–H groups in total. The van der Waals surface area contributed by atoms with Crippen molar-refractivity contribution in [2.75, 3.05) is 26.4 Å². The van der Waals surface area contributed by atoms with Gasteiger partial charge in [0.05, 0.1) is 24.8 Å². The van der Waals surface area contributed by atoms with E-state index < -0.39 is 0 Å². The quantitative estimate of drug-likeness (QED) is 0.642. The standard InChI is InChI=1S/C15H21NO3/c1-3-5-8-17-9-10-19-14-7-6-13(12-16)11-15(14)18-4-2/h6-7,11H,3-5,8-10H2,1-2H3. The van der Waals surface area contributed by atoms with Crippen molar-refractivity contribution < 1.29 is 14.2 Å². The third-order valence-electron chi connectivity index (χ3n) is 2.50. The zero-order valence-electron chi connectivity index (χ0n) is 11.6. The van der Waals surface area contributed by atoms with Crippen molar-refractivity contribution in [3.63, 3.8) is 0 Å². The molecule has 0 bridgehead atoms. The molecule has 0 aliphatic rings. The minimum atomic E-state index is 0.482. The average Bonchev–Trinajstić information content (AvgIpc) is 2.44. The zero-order chi connectivity index (χ0) is 13.9. The van der Waals surface area contributed by atoms with E-state index in [9.17, 15) is 0 Å². The predicted molar refractivity (Wildman–Crippen MR) is 73.5 cm³/mol. The molecule has 0 radical (unpaired) electrons. The van der Waals surface area contributed by atoms with E-state index in [0.29, 0.717) is 36.9 Å². The van der Waals surface area contributed by atoms with Crippen LogP contribution >= 0.6 is 0 Å². The van der Waals surface area contributed by atoms with Gasteiger partial charge in [0.15, 0.2) is 11.5 Å². The summed E-state index contributed by atoms with van der Waals surface area (Å²) in [5, 5.41) is 8.85. The highest BCUT2D eigenvalue weighted by atomic mass is 16.5. The molecular formula is C15H21NO3. The predicted octanol–water partition coefficient (Wildman–Crippen LogP) is 3.15. The lowest BCUT2D eigenvalue weighted by atomic mass is 10.2. The average molecular weight is 263 g/mol. The number of hydrogen-bond acceptors (Lipinski definition) is 4. The highest BCUT2D eigenvalue weighted by molar-refractivity contribution is 5.46. The van der Waals surface area contributed by atoms with Crippen LogP contribution in [0.1, 0.15) is 32.3 Å². The first-order valence-corrected chi connectivity index (χ1v) is 6.69. The second kappa shape index (κ2) is 9.23. The van der Waals surface area contributed by atoms with Gasteiger partial charge in [-0.15, -0.1) is 0 Å². The fourth-order valence-electron chi connectivity index (χ4n) is 1.52. The van der Waals surface area contributed by atoms with E-state index in [1.54, 1.807) is 18.2 Å². The molecule has 4 heteroatoms. The van der Waals surface area contributed by atoms with Crippen molar-refractivity contribution in [2.45, 2.75) is 26.7 Å². The van der Waals surface area contributed by atoms with E-state index in [2.05, 4.69) is 13.0 Å². The number of unbranched alkanes of at least 4 members (excludes halogenated alkanes) is 1. The molecule has 0 saturated heterocycles. The van der Waals surface area contributed by atoms with Crippen molar-refractivity contribution in [2.24, 2.45) is 0 Å². The summed E-state index contributed by atoms with van der Waals surface area (Å²) in [5.74, 6) is 1.26. The first-order valence-electron chi connectivity index (χ1n) is 6.69. The lowest BCUT2D eigenvalue weighted by molar-refractivity contribution is 0.0967. The van der Waals surface area contributed by atoms with Crippen molar-refractivity contribution >= 4 is 0 Å². The maximum absolute atomic E-state index is 8.85. The van der Waals surface area contributed by atoms with Crippen LogP contribution in [0.4, 0.5) is 0 Å². The molecule has 0 aliphatic carbocycles. The highest BCUT2D eigenvalue weighted by Crippen LogP contribution is 2.28. The van der Waals surface area contributed by atoms with Gasteiger partial charge in [-0.05, 0) is 25.5 Å². The van der Waals surface area contributed by atoms with Crippen molar-refractivity contribution in [1.29, 1.82) is 5.26 Å². The van der Waals surface area contributed by atoms with E-state index in [1.165, 1.54) is 0 Å².